The van der Waals surface area contributed by atoms with Gasteiger partial charge in [-0.1, -0.05) is 12.2 Å². The second-order valence-corrected chi connectivity index (χ2v) is 3.78. The number of nitrogens with zero attached hydrogens (tertiary/aromatic N) is 5. The van der Waals surface area contributed by atoms with E-state index in [4.69, 9.17) is 18.0 Å². The van der Waals surface area contributed by atoms with Gasteiger partial charge in [0.15, 0.2) is 5.82 Å². The fraction of sp³-hybridized carbons (Fsp3) is 0.222. The molecule has 2 rings (SSSR count). The summed E-state index contributed by atoms with van der Waals surface area (Å²) >= 11 is 4.78. The quantitative estimate of drug-likeness (QED) is 0.728. The first-order valence-corrected chi connectivity index (χ1v) is 5.26. The highest BCUT2D eigenvalue weighted by Gasteiger charge is 2.01. The van der Waals surface area contributed by atoms with E-state index in [0.717, 1.165) is 0 Å². The Labute approximate surface area is 103 Å². The van der Waals surface area contributed by atoms with E-state index in [1.807, 2.05) is 7.05 Å². The zero-order valence-electron chi connectivity index (χ0n) is 9.16. The fourth-order valence-electron chi connectivity index (χ4n) is 1.18. The second kappa shape index (κ2) is 4.83. The molecular weight excluding hydrogens is 238 g/mol. The first-order valence-electron chi connectivity index (χ1n) is 4.85. The predicted octanol–water partition coefficient (Wildman–Crippen LogP) is -0.149. The lowest BCUT2D eigenvalue weighted by Crippen LogP contribution is -2.12. The summed E-state index contributed by atoms with van der Waals surface area (Å²) in [7, 11) is 1.81. The molecule has 0 saturated carbocycles. The molecule has 88 valence electrons. The number of nitrogens with two attached hydrogens (primary N) is 1. The van der Waals surface area contributed by atoms with Crippen LogP contribution in [0, 0.1) is 0 Å². The summed E-state index contributed by atoms with van der Waals surface area (Å²) in [5, 5.41) is 7.17. The van der Waals surface area contributed by atoms with E-state index in [0.29, 0.717) is 23.9 Å². The molecule has 0 bridgehead atoms. The molecule has 0 saturated heterocycles. The van der Waals surface area contributed by atoms with Gasteiger partial charge < -0.3 is 11.1 Å². The maximum Gasteiger partial charge on any atom is 0.169 e. The van der Waals surface area contributed by atoms with E-state index < -0.39 is 0 Å². The van der Waals surface area contributed by atoms with Crippen molar-refractivity contribution in [3.05, 3.63) is 30.2 Å². The molecule has 8 heteroatoms. The van der Waals surface area contributed by atoms with E-state index in [1.54, 1.807) is 17.2 Å². The van der Waals surface area contributed by atoms with Crippen molar-refractivity contribution >= 4 is 23.0 Å². The summed E-state index contributed by atoms with van der Waals surface area (Å²) in [5.41, 5.74) is 5.92. The summed E-state index contributed by atoms with van der Waals surface area (Å²) in [4.78, 5) is 12.5. The number of anilines is 1. The molecule has 2 aromatic heterocycles. The number of hydrogen-bond donors (Lipinski definition) is 2. The van der Waals surface area contributed by atoms with Crippen LogP contribution in [-0.2, 0) is 13.6 Å². The lowest BCUT2D eigenvalue weighted by Gasteiger charge is -2.02. The van der Waals surface area contributed by atoms with Crippen LogP contribution >= 0.6 is 12.2 Å². The van der Waals surface area contributed by atoms with Gasteiger partial charge in [0.05, 0.1) is 18.9 Å². The Balaban J connectivity index is 1.97. The van der Waals surface area contributed by atoms with Crippen molar-refractivity contribution in [2.75, 3.05) is 5.32 Å². The first-order chi connectivity index (χ1) is 8.15. The average molecular weight is 249 g/mol. The summed E-state index contributed by atoms with van der Waals surface area (Å²) in [6, 6.07) is 0. The number of nitrogens with one attached hydrogen (secondary N) is 1. The van der Waals surface area contributed by atoms with Gasteiger partial charge in [-0.3, -0.25) is 4.68 Å². The highest BCUT2D eigenvalue weighted by molar-refractivity contribution is 7.80. The molecule has 7 nitrogen and oxygen atoms in total. The number of aryl methyl sites for hydroxylation is 1. The molecule has 0 aliphatic rings. The zero-order valence-corrected chi connectivity index (χ0v) is 9.98. The summed E-state index contributed by atoms with van der Waals surface area (Å²) in [5.74, 6) is 1.31. The molecule has 0 aliphatic carbocycles. The monoisotopic (exact) mass is 249 g/mol. The van der Waals surface area contributed by atoms with Gasteiger partial charge in [0.1, 0.15) is 22.8 Å². The van der Waals surface area contributed by atoms with Crippen molar-refractivity contribution in [3.8, 4) is 0 Å². The molecule has 2 heterocycles. The van der Waals surface area contributed by atoms with Gasteiger partial charge in [0.25, 0.3) is 0 Å². The lowest BCUT2D eigenvalue weighted by atomic mass is 10.4. The van der Waals surface area contributed by atoms with Crippen molar-refractivity contribution in [2.45, 2.75) is 6.54 Å². The zero-order chi connectivity index (χ0) is 12.3. The van der Waals surface area contributed by atoms with Gasteiger partial charge in [-0.2, -0.15) is 5.10 Å². The Morgan fingerprint density at radius 3 is 2.76 bits per heavy atom. The minimum absolute atomic E-state index is 0.232. The van der Waals surface area contributed by atoms with Gasteiger partial charge >= 0.3 is 0 Å². The summed E-state index contributed by atoms with van der Waals surface area (Å²) < 4.78 is 1.64. The van der Waals surface area contributed by atoms with Crippen LogP contribution in [0.5, 0.6) is 0 Å². The van der Waals surface area contributed by atoms with Crippen molar-refractivity contribution in [2.24, 2.45) is 12.8 Å². The Bertz CT molecular complexity index is 518. The van der Waals surface area contributed by atoms with Gasteiger partial charge in [0, 0.05) is 7.05 Å². The van der Waals surface area contributed by atoms with Crippen molar-refractivity contribution in [1.82, 2.24) is 24.7 Å². The van der Waals surface area contributed by atoms with Crippen LogP contribution in [0.4, 0.5) is 5.82 Å². The number of rotatable bonds is 4. The molecule has 0 unspecified atom stereocenters. The van der Waals surface area contributed by atoms with Crippen LogP contribution in [0.3, 0.4) is 0 Å². The molecule has 0 spiro atoms. The van der Waals surface area contributed by atoms with Crippen LogP contribution in [0.15, 0.2) is 18.7 Å². The number of aromatic nitrogens is 5. The topological polar surface area (TPSA) is 94.5 Å². The summed E-state index contributed by atoms with van der Waals surface area (Å²) in [6.07, 6.45) is 4.73. The first kappa shape index (κ1) is 11.4. The smallest absolute Gasteiger partial charge is 0.169 e. The van der Waals surface area contributed by atoms with E-state index in [-0.39, 0.29) is 4.99 Å². The van der Waals surface area contributed by atoms with Crippen LogP contribution in [0.1, 0.15) is 11.5 Å². The van der Waals surface area contributed by atoms with E-state index in [1.165, 1.54) is 6.20 Å². The molecule has 0 atom stereocenters. The molecule has 0 aliphatic heterocycles. The van der Waals surface area contributed by atoms with Crippen LogP contribution in [0.2, 0.25) is 0 Å². The van der Waals surface area contributed by atoms with Crippen LogP contribution in [0.25, 0.3) is 0 Å². The highest BCUT2D eigenvalue weighted by atomic mass is 32.1. The van der Waals surface area contributed by atoms with Crippen LogP contribution < -0.4 is 11.1 Å². The molecule has 3 N–H and O–H groups in total. The second-order valence-electron chi connectivity index (χ2n) is 3.34. The molecule has 0 amide bonds. The standard InChI is InChI=1S/C9H11N7S/c1-16-5-14-8(15-16)4-13-7-3-11-6(2-12-7)9(10)17/h2-3,5H,4H2,1H3,(H2,10,17)(H,12,13). The normalized spacial score (nSPS) is 10.2. The van der Waals surface area contributed by atoms with E-state index in [2.05, 4.69) is 25.4 Å². The van der Waals surface area contributed by atoms with Gasteiger partial charge in [-0.05, 0) is 0 Å². The summed E-state index contributed by atoms with van der Waals surface area (Å²) in [6.45, 7) is 0.488. The molecule has 17 heavy (non-hydrogen) atoms. The molecule has 2 aromatic rings. The van der Waals surface area contributed by atoms with Crippen molar-refractivity contribution < 1.29 is 0 Å². The van der Waals surface area contributed by atoms with Crippen molar-refractivity contribution in [3.63, 3.8) is 0 Å². The van der Waals surface area contributed by atoms with E-state index in [9.17, 15) is 0 Å². The largest absolute Gasteiger partial charge is 0.388 e. The van der Waals surface area contributed by atoms with Gasteiger partial charge in [-0.25, -0.2) is 15.0 Å². The lowest BCUT2D eigenvalue weighted by molar-refractivity contribution is 0.747. The maximum atomic E-state index is 5.42. The maximum absolute atomic E-state index is 5.42. The third-order valence-corrected chi connectivity index (χ3v) is 2.19. The molecule has 0 fully saturated rings. The Morgan fingerprint density at radius 2 is 2.24 bits per heavy atom. The number of hydrogen-bond acceptors (Lipinski definition) is 6. The Morgan fingerprint density at radius 1 is 1.41 bits per heavy atom. The Hall–Kier alpha value is -2.09. The third kappa shape index (κ3) is 2.94. The number of thiocarbonyl (C=S) groups is 1. The Kier molecular flexibility index (Phi) is 3.24. The predicted molar refractivity (Wildman–Crippen MR) is 66.2 cm³/mol. The molecular formula is C9H11N7S. The van der Waals surface area contributed by atoms with Crippen LogP contribution in [-0.4, -0.2) is 29.7 Å². The van der Waals surface area contributed by atoms with Crippen molar-refractivity contribution in [1.29, 1.82) is 0 Å². The fourth-order valence-corrected chi connectivity index (χ4v) is 1.29. The SMILES string of the molecule is Cn1cnc(CNc2cnc(C(N)=S)cn2)n1. The van der Waals surface area contributed by atoms with Gasteiger partial charge in [-0.15, -0.1) is 0 Å². The van der Waals surface area contributed by atoms with Gasteiger partial charge in [0.2, 0.25) is 0 Å². The molecule has 0 aromatic carbocycles. The minimum atomic E-state index is 0.232. The third-order valence-electron chi connectivity index (χ3n) is 1.98. The molecule has 0 radical (unpaired) electrons. The highest BCUT2D eigenvalue weighted by Crippen LogP contribution is 2.02. The minimum Gasteiger partial charge on any atom is -0.388 e. The van der Waals surface area contributed by atoms with E-state index >= 15 is 0 Å². The average Bonchev–Trinajstić information content (AvgIpc) is 2.73.